The van der Waals surface area contributed by atoms with Gasteiger partial charge < -0.3 is 10.2 Å². The molecule has 2 rings (SSSR count). The van der Waals surface area contributed by atoms with Gasteiger partial charge in [0.2, 0.25) is 5.79 Å². The van der Waals surface area contributed by atoms with Crippen molar-refractivity contribution in [1.29, 1.82) is 0 Å². The van der Waals surface area contributed by atoms with Gasteiger partial charge in [-0.2, -0.15) is 0 Å². The fourth-order valence-electron chi connectivity index (χ4n) is 1.72. The molecule has 0 bridgehead atoms. The Kier molecular flexibility index (Phi) is 3.32. The van der Waals surface area contributed by atoms with Crippen LogP contribution in [0.3, 0.4) is 0 Å². The van der Waals surface area contributed by atoms with Gasteiger partial charge in [0.1, 0.15) is 0 Å². The number of aliphatic hydroxyl groups is 2. The van der Waals surface area contributed by atoms with Gasteiger partial charge in [-0.1, -0.05) is 53.5 Å². The minimum absolute atomic E-state index is 0.473. The van der Waals surface area contributed by atoms with Crippen molar-refractivity contribution >= 4 is 23.2 Å². The molecule has 1 aliphatic rings. The molecule has 0 aromatic heterocycles. The minimum Gasteiger partial charge on any atom is -0.359 e. The molecule has 0 saturated carbocycles. The smallest absolute Gasteiger partial charge is 0.203 e. The van der Waals surface area contributed by atoms with Gasteiger partial charge in [0.25, 0.3) is 0 Å². The molecule has 0 radical (unpaired) electrons. The maximum absolute atomic E-state index is 9.53. The highest BCUT2D eigenvalue weighted by Crippen LogP contribution is 2.38. The van der Waals surface area contributed by atoms with E-state index < -0.39 is 10.1 Å². The highest BCUT2D eigenvalue weighted by molar-refractivity contribution is 6.52. The Bertz CT molecular complexity index is 462. The molecule has 90 valence electrons. The van der Waals surface area contributed by atoms with Gasteiger partial charge in [-0.25, -0.2) is 0 Å². The van der Waals surface area contributed by atoms with Crippen LogP contribution in [0, 0.1) is 0 Å². The molecule has 1 aromatic carbocycles. The van der Waals surface area contributed by atoms with Crippen molar-refractivity contribution in [2.75, 3.05) is 0 Å². The van der Waals surface area contributed by atoms with Gasteiger partial charge in [0, 0.05) is 0 Å². The summed E-state index contributed by atoms with van der Waals surface area (Å²) >= 11 is 12.2. The van der Waals surface area contributed by atoms with E-state index >= 15 is 0 Å². The average Bonchev–Trinajstić information content (AvgIpc) is 2.26. The Morgan fingerprint density at radius 2 is 1.65 bits per heavy atom. The molecule has 1 aliphatic carbocycles. The van der Waals surface area contributed by atoms with Gasteiger partial charge in [-0.3, -0.25) is 0 Å². The molecule has 0 amide bonds. The number of rotatable bonds is 2. The molecule has 0 saturated heterocycles. The van der Waals surface area contributed by atoms with Gasteiger partial charge in [-0.05, 0) is 35.8 Å². The summed E-state index contributed by atoms with van der Waals surface area (Å²) in [5, 5.41) is 19.1. The van der Waals surface area contributed by atoms with Crippen LogP contribution in [0.1, 0.15) is 5.56 Å². The van der Waals surface area contributed by atoms with Crippen LogP contribution < -0.4 is 0 Å². The monoisotopic (exact) mass is 270 g/mol. The standard InChI is InChI=1S/C13H12Cl2O2/c14-13(15)7-6-12(16,17)9-11(13)8-10-4-2-1-3-5-10/h1-7,9,16-17H,8H2. The Morgan fingerprint density at radius 3 is 2.29 bits per heavy atom. The van der Waals surface area contributed by atoms with Crippen LogP contribution in [0.15, 0.2) is 54.1 Å². The first-order valence-corrected chi connectivity index (χ1v) is 5.94. The second kappa shape index (κ2) is 4.46. The molecule has 17 heavy (non-hydrogen) atoms. The molecular weight excluding hydrogens is 259 g/mol. The molecule has 4 heteroatoms. The molecule has 0 heterocycles. The zero-order valence-corrected chi connectivity index (χ0v) is 10.5. The second-order valence-corrected chi connectivity index (χ2v) is 5.46. The van der Waals surface area contributed by atoms with Gasteiger partial charge in [0.05, 0.1) is 0 Å². The first kappa shape index (κ1) is 12.7. The summed E-state index contributed by atoms with van der Waals surface area (Å²) < 4.78 is -1.19. The van der Waals surface area contributed by atoms with E-state index in [2.05, 4.69) is 0 Å². The summed E-state index contributed by atoms with van der Waals surface area (Å²) in [5.41, 5.74) is 1.56. The predicted octanol–water partition coefficient (Wildman–Crippen LogP) is 2.58. The lowest BCUT2D eigenvalue weighted by Crippen LogP contribution is -2.31. The van der Waals surface area contributed by atoms with Crippen molar-refractivity contribution in [3.8, 4) is 0 Å². The number of alkyl halides is 2. The average molecular weight is 271 g/mol. The molecule has 0 spiro atoms. The van der Waals surface area contributed by atoms with E-state index in [1.165, 1.54) is 18.2 Å². The first-order chi connectivity index (χ1) is 7.89. The van der Waals surface area contributed by atoms with Crippen molar-refractivity contribution < 1.29 is 10.2 Å². The molecule has 0 fully saturated rings. The molecule has 0 aliphatic heterocycles. The summed E-state index contributed by atoms with van der Waals surface area (Å²) in [6.45, 7) is 0. The Hall–Kier alpha value is -0.800. The van der Waals surface area contributed by atoms with Crippen molar-refractivity contribution in [2.45, 2.75) is 16.5 Å². The highest BCUT2D eigenvalue weighted by atomic mass is 35.5. The lowest BCUT2D eigenvalue weighted by atomic mass is 9.95. The lowest BCUT2D eigenvalue weighted by Gasteiger charge is -2.28. The first-order valence-electron chi connectivity index (χ1n) is 5.18. The number of allylic oxidation sites excluding steroid dienone is 2. The summed E-state index contributed by atoms with van der Waals surface area (Å²) in [6.07, 6.45) is 4.30. The topological polar surface area (TPSA) is 40.5 Å². The Morgan fingerprint density at radius 1 is 1.00 bits per heavy atom. The maximum atomic E-state index is 9.53. The maximum Gasteiger partial charge on any atom is 0.203 e. The van der Waals surface area contributed by atoms with Crippen LogP contribution in [0.4, 0.5) is 0 Å². The number of halogens is 2. The fraction of sp³-hybridized carbons (Fsp3) is 0.231. The van der Waals surface area contributed by atoms with Crippen LogP contribution in [0.25, 0.3) is 0 Å². The SMILES string of the molecule is OC1(O)C=CC(Cl)(Cl)C(Cc2ccccc2)=C1. The van der Waals surface area contributed by atoms with Gasteiger partial charge in [0.15, 0.2) is 4.33 Å². The molecule has 2 N–H and O–H groups in total. The second-order valence-electron chi connectivity index (χ2n) is 4.07. The molecule has 0 atom stereocenters. The highest BCUT2D eigenvalue weighted by Gasteiger charge is 2.34. The molecule has 2 nitrogen and oxygen atoms in total. The van der Waals surface area contributed by atoms with E-state index in [1.54, 1.807) is 0 Å². The van der Waals surface area contributed by atoms with Crippen LogP contribution in [-0.4, -0.2) is 20.3 Å². The summed E-state index contributed by atoms with van der Waals surface area (Å²) in [4.78, 5) is 0. The van der Waals surface area contributed by atoms with E-state index in [0.29, 0.717) is 12.0 Å². The molecular formula is C13H12Cl2O2. The predicted molar refractivity (Wildman–Crippen MR) is 69.0 cm³/mol. The third kappa shape index (κ3) is 3.11. The van der Waals surface area contributed by atoms with E-state index in [9.17, 15) is 10.2 Å². The summed E-state index contributed by atoms with van der Waals surface area (Å²) in [6, 6.07) is 9.59. The van der Waals surface area contributed by atoms with E-state index in [0.717, 1.165) is 5.56 Å². The third-order valence-electron chi connectivity index (χ3n) is 2.59. The normalized spacial score (nSPS) is 21.1. The van der Waals surface area contributed by atoms with Crippen molar-refractivity contribution in [3.05, 3.63) is 59.7 Å². The van der Waals surface area contributed by atoms with Crippen molar-refractivity contribution in [1.82, 2.24) is 0 Å². The van der Waals surface area contributed by atoms with Crippen LogP contribution in [0.5, 0.6) is 0 Å². The van der Waals surface area contributed by atoms with Crippen LogP contribution >= 0.6 is 23.2 Å². The number of hydrogen-bond donors (Lipinski definition) is 2. The van der Waals surface area contributed by atoms with Crippen LogP contribution in [-0.2, 0) is 6.42 Å². The van der Waals surface area contributed by atoms with Gasteiger partial charge >= 0.3 is 0 Å². The van der Waals surface area contributed by atoms with Crippen LogP contribution in [0.2, 0.25) is 0 Å². The number of hydrogen-bond acceptors (Lipinski definition) is 2. The summed E-state index contributed by atoms with van der Waals surface area (Å²) in [7, 11) is 0. The van der Waals surface area contributed by atoms with Crippen molar-refractivity contribution in [3.63, 3.8) is 0 Å². The fourth-order valence-corrected chi connectivity index (χ4v) is 2.09. The largest absolute Gasteiger partial charge is 0.359 e. The van der Waals surface area contributed by atoms with Crippen molar-refractivity contribution in [2.24, 2.45) is 0 Å². The zero-order chi connectivity index (χ0) is 12.5. The summed E-state index contributed by atoms with van der Waals surface area (Å²) in [5.74, 6) is -1.97. The molecule has 0 unspecified atom stereocenters. The number of benzene rings is 1. The lowest BCUT2D eigenvalue weighted by molar-refractivity contribution is -0.0761. The zero-order valence-electron chi connectivity index (χ0n) is 8.98. The molecule has 1 aromatic rings. The Labute approximate surface area is 110 Å². The quantitative estimate of drug-likeness (QED) is 0.493. The van der Waals surface area contributed by atoms with E-state index in [4.69, 9.17) is 23.2 Å². The van der Waals surface area contributed by atoms with E-state index in [1.807, 2.05) is 30.3 Å². The minimum atomic E-state index is -1.97. The third-order valence-corrected chi connectivity index (χ3v) is 3.33. The Balaban J connectivity index is 2.28. The van der Waals surface area contributed by atoms with Gasteiger partial charge in [-0.15, -0.1) is 0 Å². The van der Waals surface area contributed by atoms with E-state index in [-0.39, 0.29) is 0 Å².